The van der Waals surface area contributed by atoms with Crippen molar-refractivity contribution in [1.29, 1.82) is 0 Å². The SMILES string of the molecule is CC(C)=C[C@H]1[C@@H](C(=O)Nc2ccc(F)cc2)C1(C)C. The Hall–Kier alpha value is -1.64. The molecule has 0 radical (unpaired) electrons. The highest BCUT2D eigenvalue weighted by Crippen LogP contribution is 2.59. The van der Waals surface area contributed by atoms with Crippen molar-refractivity contribution in [3.05, 3.63) is 41.7 Å². The van der Waals surface area contributed by atoms with Crippen LogP contribution in [0, 0.1) is 23.1 Å². The van der Waals surface area contributed by atoms with Gasteiger partial charge >= 0.3 is 0 Å². The monoisotopic (exact) mass is 261 g/mol. The Labute approximate surface area is 113 Å². The van der Waals surface area contributed by atoms with Crippen LogP contribution in [0.15, 0.2) is 35.9 Å². The van der Waals surface area contributed by atoms with Gasteiger partial charge in [0.2, 0.25) is 5.91 Å². The average Bonchev–Trinajstić information content (AvgIpc) is 2.83. The number of nitrogens with one attached hydrogen (secondary N) is 1. The van der Waals surface area contributed by atoms with Crippen molar-refractivity contribution in [2.45, 2.75) is 27.7 Å². The van der Waals surface area contributed by atoms with E-state index >= 15 is 0 Å². The molecule has 1 aliphatic carbocycles. The predicted molar refractivity (Wildman–Crippen MR) is 75.2 cm³/mol. The number of benzene rings is 1. The first kappa shape index (κ1) is 13.8. The van der Waals surface area contributed by atoms with Crippen LogP contribution in [0.25, 0.3) is 0 Å². The fourth-order valence-corrected chi connectivity index (χ4v) is 2.60. The molecule has 2 atom stereocenters. The highest BCUT2D eigenvalue weighted by atomic mass is 19.1. The van der Waals surface area contributed by atoms with Gasteiger partial charge in [-0.1, -0.05) is 25.5 Å². The van der Waals surface area contributed by atoms with Crippen molar-refractivity contribution < 1.29 is 9.18 Å². The summed E-state index contributed by atoms with van der Waals surface area (Å²) in [6.45, 7) is 8.30. The van der Waals surface area contributed by atoms with E-state index in [1.165, 1.54) is 17.7 Å². The minimum Gasteiger partial charge on any atom is -0.326 e. The van der Waals surface area contributed by atoms with Gasteiger partial charge in [-0.2, -0.15) is 0 Å². The number of anilines is 1. The third-order valence-electron chi connectivity index (χ3n) is 3.82. The summed E-state index contributed by atoms with van der Waals surface area (Å²) in [4.78, 5) is 12.2. The molecule has 1 saturated carbocycles. The third-order valence-corrected chi connectivity index (χ3v) is 3.82. The van der Waals surface area contributed by atoms with E-state index in [-0.39, 0.29) is 29.0 Å². The largest absolute Gasteiger partial charge is 0.326 e. The summed E-state index contributed by atoms with van der Waals surface area (Å²) in [5.74, 6) is -0.00308. The fraction of sp³-hybridized carbons (Fsp3) is 0.438. The Balaban J connectivity index is 2.05. The Kier molecular flexibility index (Phi) is 3.48. The molecule has 1 aliphatic rings. The number of allylic oxidation sites excluding steroid dienone is 2. The van der Waals surface area contributed by atoms with Crippen LogP contribution < -0.4 is 5.32 Å². The lowest BCUT2D eigenvalue weighted by molar-refractivity contribution is -0.118. The van der Waals surface area contributed by atoms with Crippen molar-refractivity contribution in [1.82, 2.24) is 0 Å². The van der Waals surface area contributed by atoms with Gasteiger partial charge in [0.25, 0.3) is 0 Å². The van der Waals surface area contributed by atoms with Crippen LogP contribution in [0.3, 0.4) is 0 Å². The van der Waals surface area contributed by atoms with Gasteiger partial charge < -0.3 is 5.32 Å². The van der Waals surface area contributed by atoms with E-state index in [1.807, 2.05) is 13.8 Å². The number of amides is 1. The van der Waals surface area contributed by atoms with Gasteiger partial charge in [0.15, 0.2) is 0 Å². The van der Waals surface area contributed by atoms with Gasteiger partial charge in [0.1, 0.15) is 5.82 Å². The molecule has 3 heteroatoms. The minimum atomic E-state index is -0.299. The van der Waals surface area contributed by atoms with Gasteiger partial charge in [-0.05, 0) is 49.4 Å². The molecule has 0 unspecified atom stereocenters. The predicted octanol–water partition coefficient (Wildman–Crippen LogP) is 4.00. The standard InChI is InChI=1S/C16H20FNO/c1-10(2)9-13-14(16(13,3)4)15(19)18-12-7-5-11(17)6-8-12/h5-9,13-14H,1-4H3,(H,18,19)/t13-,14-/m0/s1. The molecule has 0 bridgehead atoms. The van der Waals surface area contributed by atoms with Crippen LogP contribution in [0.1, 0.15) is 27.7 Å². The van der Waals surface area contributed by atoms with Crippen molar-refractivity contribution in [2.24, 2.45) is 17.3 Å². The molecule has 102 valence electrons. The Morgan fingerprint density at radius 2 is 1.84 bits per heavy atom. The topological polar surface area (TPSA) is 29.1 Å². The minimum absolute atomic E-state index is 0.00137. The summed E-state index contributed by atoms with van der Waals surface area (Å²) in [5.41, 5.74) is 1.88. The van der Waals surface area contributed by atoms with Crippen LogP contribution in [-0.2, 0) is 4.79 Å². The number of carbonyl (C=O) groups is 1. The second-order valence-electron chi connectivity index (χ2n) is 6.06. The van der Waals surface area contributed by atoms with E-state index in [0.717, 1.165) is 0 Å². The van der Waals surface area contributed by atoms with Gasteiger partial charge in [-0.25, -0.2) is 4.39 Å². The maximum Gasteiger partial charge on any atom is 0.228 e. The lowest BCUT2D eigenvalue weighted by Gasteiger charge is -2.05. The van der Waals surface area contributed by atoms with Crippen LogP contribution in [0.4, 0.5) is 10.1 Å². The summed E-state index contributed by atoms with van der Waals surface area (Å²) in [6.07, 6.45) is 2.16. The van der Waals surface area contributed by atoms with Crippen LogP contribution in [-0.4, -0.2) is 5.91 Å². The molecule has 19 heavy (non-hydrogen) atoms. The van der Waals surface area contributed by atoms with Gasteiger partial charge in [-0.15, -0.1) is 0 Å². The zero-order chi connectivity index (χ0) is 14.2. The zero-order valence-corrected chi connectivity index (χ0v) is 11.8. The van der Waals surface area contributed by atoms with Crippen molar-refractivity contribution in [3.63, 3.8) is 0 Å². The second kappa shape index (κ2) is 4.80. The normalized spacial score (nSPS) is 23.6. The number of rotatable bonds is 3. The average molecular weight is 261 g/mol. The molecular formula is C16H20FNO. The van der Waals surface area contributed by atoms with Crippen molar-refractivity contribution in [3.8, 4) is 0 Å². The van der Waals surface area contributed by atoms with E-state index in [2.05, 4.69) is 25.2 Å². The molecule has 1 fully saturated rings. The quantitative estimate of drug-likeness (QED) is 0.819. The summed E-state index contributed by atoms with van der Waals surface area (Å²) in [6, 6.07) is 5.86. The molecule has 0 heterocycles. The van der Waals surface area contributed by atoms with Gasteiger partial charge in [-0.3, -0.25) is 4.79 Å². The van der Waals surface area contributed by atoms with Gasteiger partial charge in [0.05, 0.1) is 5.92 Å². The van der Waals surface area contributed by atoms with E-state index in [9.17, 15) is 9.18 Å². The maximum absolute atomic E-state index is 12.8. The molecule has 1 aromatic carbocycles. The van der Waals surface area contributed by atoms with E-state index < -0.39 is 0 Å². The maximum atomic E-state index is 12.8. The smallest absolute Gasteiger partial charge is 0.228 e. The molecule has 0 saturated heterocycles. The summed E-state index contributed by atoms with van der Waals surface area (Å²) < 4.78 is 12.8. The van der Waals surface area contributed by atoms with E-state index in [4.69, 9.17) is 0 Å². The van der Waals surface area contributed by atoms with E-state index in [1.54, 1.807) is 12.1 Å². The molecule has 2 nitrogen and oxygen atoms in total. The zero-order valence-electron chi connectivity index (χ0n) is 11.8. The molecule has 1 N–H and O–H groups in total. The van der Waals surface area contributed by atoms with Crippen molar-refractivity contribution in [2.75, 3.05) is 5.32 Å². The number of hydrogen-bond acceptors (Lipinski definition) is 1. The summed E-state index contributed by atoms with van der Waals surface area (Å²) in [5, 5.41) is 2.86. The lowest BCUT2D eigenvalue weighted by atomic mass is 10.1. The first-order valence-electron chi connectivity index (χ1n) is 6.54. The molecular weight excluding hydrogens is 241 g/mol. The van der Waals surface area contributed by atoms with Crippen LogP contribution in [0.5, 0.6) is 0 Å². The number of hydrogen-bond donors (Lipinski definition) is 1. The van der Waals surface area contributed by atoms with E-state index in [0.29, 0.717) is 5.69 Å². The highest BCUT2D eigenvalue weighted by molar-refractivity contribution is 5.95. The van der Waals surface area contributed by atoms with Crippen LogP contribution >= 0.6 is 0 Å². The highest BCUT2D eigenvalue weighted by Gasteiger charge is 2.60. The Morgan fingerprint density at radius 1 is 1.26 bits per heavy atom. The molecule has 0 spiro atoms. The number of halogens is 1. The van der Waals surface area contributed by atoms with Crippen molar-refractivity contribution >= 4 is 11.6 Å². The number of carbonyl (C=O) groups excluding carboxylic acids is 1. The molecule has 0 aromatic heterocycles. The Morgan fingerprint density at radius 3 is 2.37 bits per heavy atom. The molecule has 0 aliphatic heterocycles. The summed E-state index contributed by atoms with van der Waals surface area (Å²) >= 11 is 0. The molecule has 2 rings (SSSR count). The Bertz CT molecular complexity index is 512. The van der Waals surface area contributed by atoms with Gasteiger partial charge in [0, 0.05) is 5.69 Å². The third kappa shape index (κ3) is 2.86. The molecule has 1 amide bonds. The fourth-order valence-electron chi connectivity index (χ4n) is 2.60. The second-order valence-corrected chi connectivity index (χ2v) is 6.06. The summed E-state index contributed by atoms with van der Waals surface area (Å²) in [7, 11) is 0. The lowest BCUT2D eigenvalue weighted by Crippen LogP contribution is -2.16. The van der Waals surface area contributed by atoms with Crippen LogP contribution in [0.2, 0.25) is 0 Å². The first-order chi connectivity index (χ1) is 8.82. The first-order valence-corrected chi connectivity index (χ1v) is 6.54. The molecule has 1 aromatic rings.